The molecule has 92 valence electrons. The van der Waals surface area contributed by atoms with Crippen LogP contribution in [-0.4, -0.2) is 16.1 Å². The van der Waals surface area contributed by atoms with Crippen LogP contribution in [-0.2, 0) is 0 Å². The highest BCUT2D eigenvalue weighted by atomic mass is 79.9. The normalized spacial score (nSPS) is 10.1. The second kappa shape index (κ2) is 5.18. The molecular formula is C13H10BrNO3. The van der Waals surface area contributed by atoms with Crippen molar-refractivity contribution in [1.29, 1.82) is 0 Å². The van der Waals surface area contributed by atoms with E-state index >= 15 is 0 Å². The first-order valence-corrected chi connectivity index (χ1v) is 5.99. The smallest absolute Gasteiger partial charge is 0.339 e. The van der Waals surface area contributed by atoms with Crippen molar-refractivity contribution in [3.63, 3.8) is 0 Å². The minimum atomic E-state index is -1.03. The van der Waals surface area contributed by atoms with Crippen LogP contribution in [0.4, 0.5) is 0 Å². The summed E-state index contributed by atoms with van der Waals surface area (Å²) in [6.07, 6.45) is 1.62. The summed E-state index contributed by atoms with van der Waals surface area (Å²) in [5.74, 6) is -0.166. The topological polar surface area (TPSA) is 59.4 Å². The number of hydrogen-bond acceptors (Lipinski definition) is 3. The average Bonchev–Trinajstić information content (AvgIpc) is 2.31. The summed E-state index contributed by atoms with van der Waals surface area (Å²) in [4.78, 5) is 15.2. The van der Waals surface area contributed by atoms with Gasteiger partial charge in [-0.3, -0.25) is 4.98 Å². The Hall–Kier alpha value is -1.88. The number of carboxylic acids is 1. The second-order valence-corrected chi connectivity index (χ2v) is 4.60. The molecule has 0 aliphatic rings. The molecule has 1 aromatic heterocycles. The van der Waals surface area contributed by atoms with Gasteiger partial charge in [0.25, 0.3) is 0 Å². The lowest BCUT2D eigenvalue weighted by Gasteiger charge is -2.09. The van der Waals surface area contributed by atoms with Gasteiger partial charge in [0.15, 0.2) is 0 Å². The zero-order valence-corrected chi connectivity index (χ0v) is 11.1. The molecule has 0 unspecified atom stereocenters. The molecule has 0 atom stereocenters. The number of hydrogen-bond donors (Lipinski definition) is 1. The summed E-state index contributed by atoms with van der Waals surface area (Å²) in [6, 6.07) is 8.28. The highest BCUT2D eigenvalue weighted by Gasteiger charge is 2.12. The van der Waals surface area contributed by atoms with Crippen LogP contribution in [0.25, 0.3) is 0 Å². The predicted octanol–water partition coefficient (Wildman–Crippen LogP) is 3.64. The quantitative estimate of drug-likeness (QED) is 0.940. The van der Waals surface area contributed by atoms with Gasteiger partial charge in [0.2, 0.25) is 0 Å². The fourth-order valence-electron chi connectivity index (χ4n) is 1.47. The minimum absolute atomic E-state index is 0.110. The number of nitrogens with zero attached hydrogens (tertiary/aromatic N) is 1. The Bertz CT molecular complexity index is 599. The highest BCUT2D eigenvalue weighted by Crippen LogP contribution is 2.28. The van der Waals surface area contributed by atoms with E-state index in [9.17, 15) is 4.79 Å². The van der Waals surface area contributed by atoms with Gasteiger partial charge in [-0.05, 0) is 31.2 Å². The van der Waals surface area contributed by atoms with Crippen LogP contribution >= 0.6 is 15.9 Å². The summed E-state index contributed by atoms with van der Waals surface area (Å²) in [7, 11) is 0. The second-order valence-electron chi connectivity index (χ2n) is 3.68. The van der Waals surface area contributed by atoms with Gasteiger partial charge in [-0.1, -0.05) is 15.9 Å². The van der Waals surface area contributed by atoms with E-state index in [0.29, 0.717) is 16.0 Å². The predicted molar refractivity (Wildman–Crippen MR) is 70.1 cm³/mol. The molecule has 1 aromatic carbocycles. The van der Waals surface area contributed by atoms with E-state index < -0.39 is 5.97 Å². The van der Waals surface area contributed by atoms with Gasteiger partial charge in [-0.25, -0.2) is 4.79 Å². The SMILES string of the molecule is Cc1cc(Oc2ccc(Br)cc2C(=O)O)ccn1. The van der Waals surface area contributed by atoms with Crippen molar-refractivity contribution in [2.75, 3.05) is 0 Å². The first-order chi connectivity index (χ1) is 8.56. The lowest BCUT2D eigenvalue weighted by molar-refractivity contribution is 0.0694. The first kappa shape index (κ1) is 12.6. The van der Waals surface area contributed by atoms with Gasteiger partial charge in [0.05, 0.1) is 0 Å². The van der Waals surface area contributed by atoms with Crippen LogP contribution in [0.1, 0.15) is 16.1 Å². The van der Waals surface area contributed by atoms with Gasteiger partial charge >= 0.3 is 5.97 Å². The van der Waals surface area contributed by atoms with Crippen molar-refractivity contribution in [3.05, 3.63) is 52.3 Å². The molecular weight excluding hydrogens is 298 g/mol. The number of pyridine rings is 1. The van der Waals surface area contributed by atoms with Crippen LogP contribution in [0, 0.1) is 6.92 Å². The molecule has 0 aliphatic carbocycles. The Morgan fingerprint density at radius 2 is 2.11 bits per heavy atom. The molecule has 2 aromatic rings. The molecule has 1 N–H and O–H groups in total. The Morgan fingerprint density at radius 1 is 1.33 bits per heavy atom. The Morgan fingerprint density at radius 3 is 2.78 bits per heavy atom. The van der Waals surface area contributed by atoms with Crippen molar-refractivity contribution in [2.24, 2.45) is 0 Å². The van der Waals surface area contributed by atoms with Crippen LogP contribution < -0.4 is 4.74 Å². The fraction of sp³-hybridized carbons (Fsp3) is 0.0769. The zero-order valence-electron chi connectivity index (χ0n) is 9.55. The van der Waals surface area contributed by atoms with Crippen LogP contribution in [0.3, 0.4) is 0 Å². The summed E-state index contributed by atoms with van der Waals surface area (Å²) >= 11 is 3.23. The summed E-state index contributed by atoms with van der Waals surface area (Å²) in [6.45, 7) is 1.84. The number of aryl methyl sites for hydroxylation is 1. The molecule has 0 saturated heterocycles. The summed E-state index contributed by atoms with van der Waals surface area (Å²) < 4.78 is 6.26. The van der Waals surface area contributed by atoms with E-state index in [2.05, 4.69) is 20.9 Å². The van der Waals surface area contributed by atoms with Gasteiger partial charge in [-0.2, -0.15) is 0 Å². The third kappa shape index (κ3) is 2.87. The monoisotopic (exact) mass is 307 g/mol. The summed E-state index contributed by atoms with van der Waals surface area (Å²) in [5, 5.41) is 9.11. The highest BCUT2D eigenvalue weighted by molar-refractivity contribution is 9.10. The number of ether oxygens (including phenoxy) is 1. The molecule has 0 saturated carbocycles. The van der Waals surface area contributed by atoms with E-state index in [1.807, 2.05) is 6.92 Å². The average molecular weight is 308 g/mol. The van der Waals surface area contributed by atoms with Crippen molar-refractivity contribution < 1.29 is 14.6 Å². The van der Waals surface area contributed by atoms with E-state index in [4.69, 9.17) is 9.84 Å². The minimum Gasteiger partial charge on any atom is -0.478 e. The van der Waals surface area contributed by atoms with Gasteiger partial charge < -0.3 is 9.84 Å². The molecule has 0 spiro atoms. The van der Waals surface area contributed by atoms with Gasteiger partial charge in [-0.15, -0.1) is 0 Å². The van der Waals surface area contributed by atoms with E-state index in [0.717, 1.165) is 5.69 Å². The third-order valence-electron chi connectivity index (χ3n) is 2.27. The lowest BCUT2D eigenvalue weighted by atomic mass is 10.2. The van der Waals surface area contributed by atoms with Gasteiger partial charge in [0, 0.05) is 22.4 Å². The van der Waals surface area contributed by atoms with Crippen LogP contribution in [0.2, 0.25) is 0 Å². The van der Waals surface area contributed by atoms with Crippen molar-refractivity contribution in [2.45, 2.75) is 6.92 Å². The number of rotatable bonds is 3. The first-order valence-electron chi connectivity index (χ1n) is 5.19. The standard InChI is InChI=1S/C13H10BrNO3/c1-8-6-10(4-5-15-8)18-12-3-2-9(14)7-11(12)13(16)17/h2-7H,1H3,(H,16,17). The maximum absolute atomic E-state index is 11.1. The van der Waals surface area contributed by atoms with Crippen molar-refractivity contribution in [3.8, 4) is 11.5 Å². The molecule has 0 bridgehead atoms. The molecule has 5 heteroatoms. The molecule has 18 heavy (non-hydrogen) atoms. The van der Waals surface area contributed by atoms with E-state index in [1.54, 1.807) is 30.5 Å². The molecule has 0 fully saturated rings. The van der Waals surface area contributed by atoms with E-state index in [-0.39, 0.29) is 5.56 Å². The molecule has 4 nitrogen and oxygen atoms in total. The fourth-order valence-corrected chi connectivity index (χ4v) is 1.83. The number of benzene rings is 1. The van der Waals surface area contributed by atoms with Crippen LogP contribution in [0.15, 0.2) is 41.0 Å². The molecule has 1 heterocycles. The maximum Gasteiger partial charge on any atom is 0.339 e. The van der Waals surface area contributed by atoms with E-state index in [1.165, 1.54) is 6.07 Å². The Balaban J connectivity index is 2.37. The molecule has 2 rings (SSSR count). The Kier molecular flexibility index (Phi) is 3.62. The Labute approximate surface area is 112 Å². The van der Waals surface area contributed by atoms with Gasteiger partial charge in [0.1, 0.15) is 17.1 Å². The number of aromatic nitrogens is 1. The number of carboxylic acid groups (broad SMARTS) is 1. The molecule has 0 radical (unpaired) electrons. The number of halogens is 1. The number of carbonyl (C=O) groups is 1. The van der Waals surface area contributed by atoms with Crippen molar-refractivity contribution in [1.82, 2.24) is 4.98 Å². The zero-order chi connectivity index (χ0) is 13.1. The number of aromatic carboxylic acids is 1. The lowest BCUT2D eigenvalue weighted by Crippen LogP contribution is -2.00. The third-order valence-corrected chi connectivity index (χ3v) is 2.76. The summed E-state index contributed by atoms with van der Waals surface area (Å²) in [5.41, 5.74) is 0.917. The van der Waals surface area contributed by atoms with Crippen LogP contribution in [0.5, 0.6) is 11.5 Å². The van der Waals surface area contributed by atoms with Crippen molar-refractivity contribution >= 4 is 21.9 Å². The maximum atomic E-state index is 11.1. The molecule has 0 amide bonds. The largest absolute Gasteiger partial charge is 0.478 e. The molecule has 0 aliphatic heterocycles.